The number of piperazine rings is 1. The maximum absolute atomic E-state index is 13.9. The third kappa shape index (κ3) is 4.22. The van der Waals surface area contributed by atoms with E-state index in [2.05, 4.69) is 43.7 Å². The van der Waals surface area contributed by atoms with E-state index in [1.807, 2.05) is 6.07 Å². The zero-order valence-corrected chi connectivity index (χ0v) is 15.8. The lowest BCUT2D eigenvalue weighted by Gasteiger charge is -2.35. The van der Waals surface area contributed by atoms with Crippen LogP contribution in [-0.4, -0.2) is 31.1 Å². The summed E-state index contributed by atoms with van der Waals surface area (Å²) >= 11 is 5.15. The fourth-order valence-corrected chi connectivity index (χ4v) is 4.01. The van der Waals surface area contributed by atoms with Crippen LogP contribution in [0.4, 0.5) is 4.39 Å². The molecule has 22 heavy (non-hydrogen) atoms. The molecule has 1 atom stereocenters. The Labute approximate surface area is 155 Å². The normalized spacial score (nSPS) is 16.5. The third-order valence-electron chi connectivity index (χ3n) is 3.61. The fourth-order valence-electron chi connectivity index (χ4n) is 2.65. The Morgan fingerprint density at radius 3 is 2.50 bits per heavy atom. The third-order valence-corrected chi connectivity index (χ3v) is 5.37. The predicted molar refractivity (Wildman–Crippen MR) is 99.2 cm³/mol. The number of rotatable bonds is 3. The zero-order chi connectivity index (χ0) is 13.9. The van der Waals surface area contributed by atoms with Gasteiger partial charge in [-0.2, -0.15) is 0 Å². The monoisotopic (exact) mass is 426 g/mol. The van der Waals surface area contributed by atoms with Crippen LogP contribution < -0.4 is 5.32 Å². The van der Waals surface area contributed by atoms with E-state index in [0.29, 0.717) is 4.47 Å². The maximum Gasteiger partial charge on any atom is 0.137 e. The molecular formula is C15H18BrCl2FN2S. The smallest absolute Gasteiger partial charge is 0.137 e. The first kappa shape index (κ1) is 19.9. The molecule has 1 aliphatic heterocycles. The molecule has 0 radical (unpaired) electrons. The van der Waals surface area contributed by atoms with Gasteiger partial charge in [-0.05, 0) is 39.0 Å². The van der Waals surface area contributed by atoms with Crippen molar-refractivity contribution in [3.8, 4) is 0 Å². The number of hydrogen-bond acceptors (Lipinski definition) is 3. The molecule has 1 aromatic heterocycles. The molecule has 1 saturated heterocycles. The number of thiophene rings is 1. The van der Waals surface area contributed by atoms with Gasteiger partial charge in [-0.15, -0.1) is 36.2 Å². The van der Waals surface area contributed by atoms with Gasteiger partial charge < -0.3 is 5.32 Å². The summed E-state index contributed by atoms with van der Waals surface area (Å²) in [6.07, 6.45) is 0. The summed E-state index contributed by atoms with van der Waals surface area (Å²) < 4.78 is 14.5. The summed E-state index contributed by atoms with van der Waals surface area (Å²) in [6.45, 7) is 3.92. The summed E-state index contributed by atoms with van der Waals surface area (Å²) in [4.78, 5) is 3.68. The lowest BCUT2D eigenvalue weighted by Crippen LogP contribution is -2.45. The molecule has 2 aromatic rings. The molecule has 0 aliphatic carbocycles. The Morgan fingerprint density at radius 1 is 1.14 bits per heavy atom. The first-order valence-corrected chi connectivity index (χ1v) is 8.36. The lowest BCUT2D eigenvalue weighted by atomic mass is 10.0. The summed E-state index contributed by atoms with van der Waals surface area (Å²) in [6, 6.07) is 9.62. The van der Waals surface area contributed by atoms with E-state index < -0.39 is 0 Å². The largest absolute Gasteiger partial charge is 0.314 e. The van der Waals surface area contributed by atoms with Gasteiger partial charge in [0.15, 0.2) is 0 Å². The highest BCUT2D eigenvalue weighted by Gasteiger charge is 2.27. The second kappa shape index (κ2) is 9.21. The summed E-state index contributed by atoms with van der Waals surface area (Å²) in [5.74, 6) is -0.195. The fraction of sp³-hybridized carbons (Fsp3) is 0.333. The standard InChI is InChI=1S/C15H16BrFN2S.2ClH/c16-14-11(3-1-4-12(14)17)15(13-5-2-10-20-13)19-8-6-18-7-9-19;;/h1-5,10,15,18H,6-9H2;2*1H/t15-;;/m0../s1. The second-order valence-corrected chi connectivity index (χ2v) is 6.62. The quantitative estimate of drug-likeness (QED) is 0.776. The van der Waals surface area contributed by atoms with E-state index in [-0.39, 0.29) is 36.7 Å². The van der Waals surface area contributed by atoms with Crippen molar-refractivity contribution in [2.24, 2.45) is 0 Å². The summed E-state index contributed by atoms with van der Waals surface area (Å²) in [7, 11) is 0. The van der Waals surface area contributed by atoms with Crippen LogP contribution >= 0.6 is 52.1 Å². The topological polar surface area (TPSA) is 15.3 Å². The molecule has 1 fully saturated rings. The molecule has 3 rings (SSSR count). The van der Waals surface area contributed by atoms with Crippen molar-refractivity contribution >= 4 is 52.1 Å². The Bertz CT molecular complexity index is 577. The van der Waals surface area contributed by atoms with Crippen LogP contribution in [0.5, 0.6) is 0 Å². The van der Waals surface area contributed by atoms with E-state index in [1.165, 1.54) is 10.9 Å². The molecule has 7 heteroatoms. The molecule has 0 spiro atoms. The first-order chi connectivity index (χ1) is 9.77. The number of halogens is 4. The van der Waals surface area contributed by atoms with Gasteiger partial charge in [0.05, 0.1) is 10.5 Å². The minimum absolute atomic E-state index is 0. The van der Waals surface area contributed by atoms with Gasteiger partial charge in [0.2, 0.25) is 0 Å². The van der Waals surface area contributed by atoms with Crippen molar-refractivity contribution in [1.29, 1.82) is 0 Å². The van der Waals surface area contributed by atoms with Crippen molar-refractivity contribution in [1.82, 2.24) is 10.2 Å². The van der Waals surface area contributed by atoms with Gasteiger partial charge >= 0.3 is 0 Å². The Kier molecular flexibility index (Phi) is 8.32. The second-order valence-electron chi connectivity index (χ2n) is 4.85. The summed E-state index contributed by atoms with van der Waals surface area (Å²) in [5.41, 5.74) is 1.01. The molecule has 122 valence electrons. The van der Waals surface area contributed by atoms with Crippen molar-refractivity contribution < 1.29 is 4.39 Å². The minimum atomic E-state index is -0.195. The van der Waals surface area contributed by atoms with Crippen molar-refractivity contribution in [2.75, 3.05) is 26.2 Å². The van der Waals surface area contributed by atoms with Gasteiger partial charge in [0.25, 0.3) is 0 Å². The molecule has 1 aromatic carbocycles. The molecule has 0 bridgehead atoms. The Balaban J connectivity index is 0.00000121. The molecule has 0 unspecified atom stereocenters. The van der Waals surface area contributed by atoms with E-state index in [9.17, 15) is 4.39 Å². The van der Waals surface area contributed by atoms with Gasteiger partial charge in [0.1, 0.15) is 5.82 Å². The molecular weight excluding hydrogens is 410 g/mol. The van der Waals surface area contributed by atoms with Gasteiger partial charge in [-0.3, -0.25) is 4.90 Å². The SMILES string of the molecule is Cl.Cl.Fc1cccc([C@@H](c2cccs2)N2CCNCC2)c1Br. The number of benzene rings is 1. The van der Waals surface area contributed by atoms with Crippen LogP contribution in [0.15, 0.2) is 40.2 Å². The molecule has 0 saturated carbocycles. The van der Waals surface area contributed by atoms with Crippen molar-refractivity contribution in [3.05, 3.63) is 56.4 Å². The molecule has 2 nitrogen and oxygen atoms in total. The number of hydrogen-bond donors (Lipinski definition) is 1. The Hall–Kier alpha value is -0.170. The number of nitrogens with zero attached hydrogens (tertiary/aromatic N) is 1. The van der Waals surface area contributed by atoms with Crippen LogP contribution in [0.2, 0.25) is 0 Å². The average Bonchev–Trinajstić information content (AvgIpc) is 2.99. The highest BCUT2D eigenvalue weighted by Crippen LogP contribution is 2.36. The van der Waals surface area contributed by atoms with Gasteiger partial charge in [-0.1, -0.05) is 18.2 Å². The van der Waals surface area contributed by atoms with Crippen molar-refractivity contribution in [3.63, 3.8) is 0 Å². The predicted octanol–water partition coefficient (Wildman–Crippen LogP) is 4.49. The lowest BCUT2D eigenvalue weighted by molar-refractivity contribution is 0.200. The van der Waals surface area contributed by atoms with Gasteiger partial charge in [-0.25, -0.2) is 4.39 Å². The van der Waals surface area contributed by atoms with Crippen LogP contribution in [0.25, 0.3) is 0 Å². The van der Waals surface area contributed by atoms with E-state index in [1.54, 1.807) is 17.4 Å². The van der Waals surface area contributed by atoms with E-state index in [0.717, 1.165) is 31.7 Å². The highest BCUT2D eigenvalue weighted by molar-refractivity contribution is 9.10. The highest BCUT2D eigenvalue weighted by atomic mass is 79.9. The zero-order valence-electron chi connectivity index (χ0n) is 11.8. The minimum Gasteiger partial charge on any atom is -0.314 e. The van der Waals surface area contributed by atoms with E-state index >= 15 is 0 Å². The van der Waals surface area contributed by atoms with Crippen LogP contribution in [0.1, 0.15) is 16.5 Å². The van der Waals surface area contributed by atoms with Gasteiger partial charge in [0, 0.05) is 31.1 Å². The summed E-state index contributed by atoms with van der Waals surface area (Å²) in [5, 5.41) is 5.45. The van der Waals surface area contributed by atoms with Crippen LogP contribution in [0, 0.1) is 5.82 Å². The first-order valence-electron chi connectivity index (χ1n) is 6.69. The van der Waals surface area contributed by atoms with Crippen LogP contribution in [-0.2, 0) is 0 Å². The average molecular weight is 428 g/mol. The maximum atomic E-state index is 13.9. The van der Waals surface area contributed by atoms with Crippen molar-refractivity contribution in [2.45, 2.75) is 6.04 Å². The molecule has 1 N–H and O–H groups in total. The van der Waals surface area contributed by atoms with Crippen LogP contribution in [0.3, 0.4) is 0 Å². The molecule has 1 aliphatic rings. The Morgan fingerprint density at radius 2 is 1.86 bits per heavy atom. The molecule has 0 amide bonds. The van der Waals surface area contributed by atoms with E-state index in [4.69, 9.17) is 0 Å². The molecule has 2 heterocycles. The number of nitrogens with one attached hydrogen (secondary N) is 1.